The highest BCUT2D eigenvalue weighted by atomic mass is 127. The molecule has 0 bridgehead atoms. The number of amides is 2. The average molecular weight is 497 g/mol. The van der Waals surface area contributed by atoms with E-state index in [-0.39, 0.29) is 48.6 Å². The topological polar surface area (TPSA) is 86.7 Å². The van der Waals surface area contributed by atoms with Gasteiger partial charge >= 0.3 is 6.09 Å². The highest BCUT2D eigenvalue weighted by Gasteiger charge is 2.25. The van der Waals surface area contributed by atoms with Crippen LogP contribution in [0.4, 0.5) is 4.79 Å². The molecule has 10 heteroatoms. The lowest BCUT2D eigenvalue weighted by Gasteiger charge is -2.36. The number of carbonyl (C=O) groups is 2. The smallest absolute Gasteiger partial charge is 0.409 e. The van der Waals surface area contributed by atoms with Gasteiger partial charge in [0.1, 0.15) is 6.54 Å². The zero-order chi connectivity index (χ0) is 18.9. The van der Waals surface area contributed by atoms with Gasteiger partial charge in [0, 0.05) is 53.4 Å². The molecule has 2 heterocycles. The van der Waals surface area contributed by atoms with Crippen molar-refractivity contribution in [3.63, 3.8) is 0 Å². The summed E-state index contributed by atoms with van der Waals surface area (Å²) in [4.78, 5) is 33.5. The van der Waals surface area contributed by atoms with E-state index >= 15 is 0 Å². The minimum Gasteiger partial charge on any atom is -0.450 e. The quantitative estimate of drug-likeness (QED) is 0.340. The second-order valence-corrected chi connectivity index (χ2v) is 6.62. The third kappa shape index (κ3) is 7.68. The van der Waals surface area contributed by atoms with Crippen molar-refractivity contribution in [3.8, 4) is 0 Å². The number of likely N-dealkylation sites (N-methyl/N-ethyl adjacent to an activating group) is 1. The van der Waals surface area contributed by atoms with Crippen molar-refractivity contribution >= 4 is 41.9 Å². The Morgan fingerprint density at radius 1 is 1.22 bits per heavy atom. The molecule has 2 saturated heterocycles. The van der Waals surface area contributed by atoms with Gasteiger partial charge in [0.25, 0.3) is 0 Å². The molecule has 2 rings (SSSR count). The zero-order valence-electron chi connectivity index (χ0n) is 16.5. The van der Waals surface area contributed by atoms with E-state index < -0.39 is 0 Å². The number of nitrogens with zero attached hydrogens (tertiary/aromatic N) is 4. The maximum atomic E-state index is 11.9. The van der Waals surface area contributed by atoms with Crippen LogP contribution in [0, 0.1) is 0 Å². The summed E-state index contributed by atoms with van der Waals surface area (Å²) in [5.41, 5.74) is 0. The summed E-state index contributed by atoms with van der Waals surface area (Å²) in [5, 5.41) is 3.34. The number of ether oxygens (including phenoxy) is 2. The molecule has 0 saturated carbocycles. The fourth-order valence-electron chi connectivity index (χ4n) is 2.88. The Labute approximate surface area is 178 Å². The molecule has 2 aliphatic heterocycles. The first-order chi connectivity index (χ1) is 12.5. The molecule has 2 amide bonds. The highest BCUT2D eigenvalue weighted by molar-refractivity contribution is 14.0. The molecule has 1 N–H and O–H groups in total. The van der Waals surface area contributed by atoms with Gasteiger partial charge in [-0.3, -0.25) is 4.79 Å². The lowest BCUT2D eigenvalue weighted by Crippen LogP contribution is -2.54. The van der Waals surface area contributed by atoms with Crippen molar-refractivity contribution in [2.24, 2.45) is 4.99 Å². The van der Waals surface area contributed by atoms with E-state index in [1.54, 1.807) is 25.9 Å². The molecular weight excluding hydrogens is 465 g/mol. The summed E-state index contributed by atoms with van der Waals surface area (Å²) >= 11 is 0. The number of rotatable bonds is 5. The number of aliphatic imine (C=N–C) groups is 1. The monoisotopic (exact) mass is 497 g/mol. The first-order valence-electron chi connectivity index (χ1n) is 9.28. The summed E-state index contributed by atoms with van der Waals surface area (Å²) in [5.74, 6) is 0.644. The van der Waals surface area contributed by atoms with E-state index in [0.29, 0.717) is 45.3 Å². The normalized spacial score (nSPS) is 20.1. The average Bonchev–Trinajstić information content (AvgIpc) is 3.15. The lowest BCUT2D eigenvalue weighted by atomic mass is 10.2. The molecule has 27 heavy (non-hydrogen) atoms. The van der Waals surface area contributed by atoms with Gasteiger partial charge in [0.05, 0.1) is 12.7 Å². The molecule has 1 unspecified atom stereocenters. The standard InChI is InChI=1S/C17H31N5O4.HI/c1-4-25-17(24)22-9-7-21(8-10-22)16(19-13-15(23)20(2)3)18-12-14-6-5-11-26-14;/h14H,4-13H2,1-3H3,(H,18,19);1H. The van der Waals surface area contributed by atoms with E-state index in [2.05, 4.69) is 15.2 Å². The van der Waals surface area contributed by atoms with Gasteiger partial charge in [-0.05, 0) is 19.8 Å². The molecular formula is C17H32IN5O4. The molecule has 9 nitrogen and oxygen atoms in total. The molecule has 0 aromatic rings. The second kappa shape index (κ2) is 12.2. The number of piperazine rings is 1. The van der Waals surface area contributed by atoms with Crippen molar-refractivity contribution in [2.45, 2.75) is 25.9 Å². The van der Waals surface area contributed by atoms with Crippen molar-refractivity contribution in [2.75, 3.05) is 66.6 Å². The molecule has 0 aliphatic carbocycles. The summed E-state index contributed by atoms with van der Waals surface area (Å²) < 4.78 is 10.7. The summed E-state index contributed by atoms with van der Waals surface area (Å²) in [6, 6.07) is 0. The predicted molar refractivity (Wildman–Crippen MR) is 114 cm³/mol. The van der Waals surface area contributed by atoms with Crippen LogP contribution in [-0.2, 0) is 14.3 Å². The van der Waals surface area contributed by atoms with E-state index in [1.807, 2.05) is 0 Å². The van der Waals surface area contributed by atoms with E-state index in [9.17, 15) is 9.59 Å². The van der Waals surface area contributed by atoms with E-state index in [1.165, 1.54) is 4.90 Å². The first kappa shape index (κ1) is 23.7. The Bertz CT molecular complexity index is 504. The summed E-state index contributed by atoms with van der Waals surface area (Å²) in [6.07, 6.45) is 2.02. The molecule has 0 aromatic heterocycles. The lowest BCUT2D eigenvalue weighted by molar-refractivity contribution is -0.127. The first-order valence-corrected chi connectivity index (χ1v) is 9.28. The minimum atomic E-state index is -0.277. The van der Waals surface area contributed by atoms with Crippen LogP contribution in [0.15, 0.2) is 4.99 Å². The van der Waals surface area contributed by atoms with Gasteiger partial charge in [-0.25, -0.2) is 9.79 Å². The number of halogens is 1. The van der Waals surface area contributed by atoms with E-state index in [0.717, 1.165) is 19.4 Å². The van der Waals surface area contributed by atoms with Gasteiger partial charge in [-0.15, -0.1) is 24.0 Å². The molecule has 2 aliphatic rings. The van der Waals surface area contributed by atoms with Crippen LogP contribution in [0.3, 0.4) is 0 Å². The minimum absolute atomic E-state index is 0. The molecule has 1 atom stereocenters. The van der Waals surface area contributed by atoms with Crippen LogP contribution < -0.4 is 5.32 Å². The van der Waals surface area contributed by atoms with Crippen LogP contribution in [0.25, 0.3) is 0 Å². The fourth-order valence-corrected chi connectivity index (χ4v) is 2.88. The van der Waals surface area contributed by atoms with Crippen LogP contribution in [0.5, 0.6) is 0 Å². The van der Waals surface area contributed by atoms with Crippen molar-refractivity contribution < 1.29 is 19.1 Å². The Morgan fingerprint density at radius 2 is 1.89 bits per heavy atom. The number of hydrogen-bond donors (Lipinski definition) is 1. The largest absolute Gasteiger partial charge is 0.450 e. The van der Waals surface area contributed by atoms with Gasteiger partial charge in [0.15, 0.2) is 5.96 Å². The van der Waals surface area contributed by atoms with E-state index in [4.69, 9.17) is 9.47 Å². The Hall–Kier alpha value is -1.30. The molecule has 2 fully saturated rings. The number of nitrogens with one attached hydrogen (secondary N) is 1. The summed E-state index contributed by atoms with van der Waals surface area (Å²) in [7, 11) is 3.44. The van der Waals surface area contributed by atoms with Crippen molar-refractivity contribution in [1.82, 2.24) is 20.0 Å². The Morgan fingerprint density at radius 3 is 2.44 bits per heavy atom. The Balaban J connectivity index is 0.00000364. The van der Waals surface area contributed by atoms with Crippen molar-refractivity contribution in [1.29, 1.82) is 0 Å². The zero-order valence-corrected chi connectivity index (χ0v) is 18.8. The van der Waals surface area contributed by atoms with Gasteiger partial charge < -0.3 is 29.5 Å². The molecule has 0 spiro atoms. The molecule has 0 aromatic carbocycles. The number of hydrogen-bond acceptors (Lipinski definition) is 5. The summed E-state index contributed by atoms with van der Waals surface area (Å²) in [6.45, 7) is 6.18. The van der Waals surface area contributed by atoms with Crippen LogP contribution in [-0.4, -0.2) is 105 Å². The fraction of sp³-hybridized carbons (Fsp3) is 0.824. The maximum absolute atomic E-state index is 11.9. The van der Waals surface area contributed by atoms with Crippen LogP contribution in [0.1, 0.15) is 19.8 Å². The third-order valence-electron chi connectivity index (χ3n) is 4.48. The second-order valence-electron chi connectivity index (χ2n) is 6.62. The Kier molecular flexibility index (Phi) is 10.7. The molecule has 0 radical (unpaired) electrons. The van der Waals surface area contributed by atoms with Gasteiger partial charge in [0.2, 0.25) is 5.91 Å². The maximum Gasteiger partial charge on any atom is 0.409 e. The number of carbonyl (C=O) groups excluding carboxylic acids is 2. The van der Waals surface area contributed by atoms with Gasteiger partial charge in [-0.1, -0.05) is 0 Å². The molecule has 156 valence electrons. The van der Waals surface area contributed by atoms with Crippen molar-refractivity contribution in [3.05, 3.63) is 0 Å². The van der Waals surface area contributed by atoms with Gasteiger partial charge in [-0.2, -0.15) is 0 Å². The van der Waals surface area contributed by atoms with Crippen LogP contribution >= 0.6 is 24.0 Å². The SMILES string of the molecule is CCOC(=O)N1CCN(C(=NCC(=O)N(C)C)NCC2CCCO2)CC1.I. The highest BCUT2D eigenvalue weighted by Crippen LogP contribution is 2.11. The number of guanidine groups is 1. The third-order valence-corrected chi connectivity index (χ3v) is 4.48. The predicted octanol–water partition coefficient (Wildman–Crippen LogP) is 0.591. The van der Waals surface area contributed by atoms with Crippen LogP contribution in [0.2, 0.25) is 0 Å².